The Morgan fingerprint density at radius 2 is 2.26 bits per heavy atom. The van der Waals surface area contributed by atoms with E-state index < -0.39 is 13.0 Å². The van der Waals surface area contributed by atoms with Gasteiger partial charge in [-0.05, 0) is 38.3 Å². The van der Waals surface area contributed by atoms with Crippen molar-refractivity contribution in [3.05, 3.63) is 0 Å². The summed E-state index contributed by atoms with van der Waals surface area (Å²) in [5.41, 5.74) is 0. The maximum Gasteiger partial charge on any atom is 0.261 e. The molecule has 114 valence electrons. The normalized spacial score (nSPS) is 19.0. The van der Waals surface area contributed by atoms with Gasteiger partial charge in [0.05, 0.1) is 6.61 Å². The van der Waals surface area contributed by atoms with Crippen LogP contribution in [0.25, 0.3) is 0 Å². The molecule has 1 aliphatic heterocycles. The molecule has 0 aromatic rings. The third-order valence-electron chi connectivity index (χ3n) is 2.99. The van der Waals surface area contributed by atoms with Gasteiger partial charge in [0.2, 0.25) is 5.91 Å². The van der Waals surface area contributed by atoms with Crippen molar-refractivity contribution in [2.24, 2.45) is 5.92 Å². The Balaban J connectivity index is 0.00000324. The summed E-state index contributed by atoms with van der Waals surface area (Å²) in [6.07, 6.45) is 1.05. The van der Waals surface area contributed by atoms with Gasteiger partial charge < -0.3 is 15.4 Å². The molecule has 4 nitrogen and oxygen atoms in total. The molecule has 0 radical (unpaired) electrons. The summed E-state index contributed by atoms with van der Waals surface area (Å²) in [4.78, 5) is 11.3. The van der Waals surface area contributed by atoms with Crippen LogP contribution in [-0.4, -0.2) is 45.2 Å². The number of alkyl halides is 2. The number of carbonyl (C=O) groups is 1. The Morgan fingerprint density at radius 3 is 2.89 bits per heavy atom. The van der Waals surface area contributed by atoms with Crippen LogP contribution in [0.2, 0.25) is 0 Å². The zero-order valence-corrected chi connectivity index (χ0v) is 11.8. The first kappa shape index (κ1) is 18.5. The number of rotatable bonds is 8. The van der Waals surface area contributed by atoms with Gasteiger partial charge in [-0.25, -0.2) is 8.78 Å². The average molecular weight is 301 g/mol. The van der Waals surface area contributed by atoms with Crippen molar-refractivity contribution in [2.45, 2.75) is 32.1 Å². The number of hydrogen-bond donors (Lipinski definition) is 2. The Bertz CT molecular complexity index is 240. The first-order valence-corrected chi connectivity index (χ1v) is 6.52. The highest BCUT2D eigenvalue weighted by Gasteiger charge is 2.12. The van der Waals surface area contributed by atoms with E-state index in [0.29, 0.717) is 12.5 Å². The molecule has 1 unspecified atom stereocenters. The van der Waals surface area contributed by atoms with E-state index in [9.17, 15) is 13.6 Å². The van der Waals surface area contributed by atoms with Gasteiger partial charge in [-0.1, -0.05) is 0 Å². The Kier molecular flexibility index (Phi) is 11.1. The van der Waals surface area contributed by atoms with E-state index in [1.807, 2.05) is 0 Å². The summed E-state index contributed by atoms with van der Waals surface area (Å²) in [5.74, 6) is 0.502. The first-order chi connectivity index (χ1) is 8.68. The second-order valence-electron chi connectivity index (χ2n) is 4.57. The molecule has 1 heterocycles. The summed E-state index contributed by atoms with van der Waals surface area (Å²) in [6, 6.07) is 0. The molecule has 2 N–H and O–H groups in total. The molecule has 1 atom stereocenters. The van der Waals surface area contributed by atoms with Crippen molar-refractivity contribution in [3.63, 3.8) is 0 Å². The van der Waals surface area contributed by atoms with Crippen LogP contribution in [0, 0.1) is 5.92 Å². The molecular weight excluding hydrogens is 278 g/mol. The van der Waals surface area contributed by atoms with Crippen LogP contribution in [0.4, 0.5) is 8.78 Å². The van der Waals surface area contributed by atoms with Gasteiger partial charge in [-0.15, -0.1) is 12.4 Å². The highest BCUT2D eigenvalue weighted by Crippen LogP contribution is 2.12. The van der Waals surface area contributed by atoms with E-state index >= 15 is 0 Å². The molecule has 0 aromatic heterocycles. The van der Waals surface area contributed by atoms with Crippen LogP contribution < -0.4 is 10.6 Å². The van der Waals surface area contributed by atoms with Crippen LogP contribution >= 0.6 is 12.4 Å². The topological polar surface area (TPSA) is 50.4 Å². The zero-order valence-electron chi connectivity index (χ0n) is 11.0. The van der Waals surface area contributed by atoms with Gasteiger partial charge in [0.25, 0.3) is 6.43 Å². The number of ether oxygens (including phenoxy) is 1. The summed E-state index contributed by atoms with van der Waals surface area (Å²) < 4.78 is 28.1. The average Bonchev–Trinajstić information content (AvgIpc) is 2.36. The number of halogens is 3. The highest BCUT2D eigenvalue weighted by atomic mass is 35.5. The molecule has 0 saturated carbocycles. The fourth-order valence-corrected chi connectivity index (χ4v) is 2.01. The van der Waals surface area contributed by atoms with Gasteiger partial charge in [-0.2, -0.15) is 0 Å². The van der Waals surface area contributed by atoms with Crippen LogP contribution in [-0.2, 0) is 9.53 Å². The van der Waals surface area contributed by atoms with Crippen molar-refractivity contribution in [1.82, 2.24) is 10.6 Å². The molecule has 1 aliphatic rings. The molecule has 0 aromatic carbocycles. The number of carbonyl (C=O) groups excluding carboxylic acids is 1. The van der Waals surface area contributed by atoms with Crippen molar-refractivity contribution < 1.29 is 18.3 Å². The number of piperidine rings is 1. The quantitative estimate of drug-likeness (QED) is 0.669. The number of nitrogens with one attached hydrogen (secondary N) is 2. The van der Waals surface area contributed by atoms with Crippen molar-refractivity contribution in [1.29, 1.82) is 0 Å². The lowest BCUT2D eigenvalue weighted by Crippen LogP contribution is -2.33. The van der Waals surface area contributed by atoms with E-state index in [1.165, 1.54) is 12.8 Å². The summed E-state index contributed by atoms with van der Waals surface area (Å²) in [7, 11) is 0. The van der Waals surface area contributed by atoms with E-state index in [1.54, 1.807) is 0 Å². The zero-order chi connectivity index (χ0) is 13.2. The second-order valence-corrected chi connectivity index (χ2v) is 4.57. The standard InChI is InChI=1S/C12H22F2N2O2.ClH/c13-11(14)9-18-7-4-12(17)16-6-3-10-2-1-5-15-8-10;/h10-11,15H,1-9H2,(H,16,17);1H. The van der Waals surface area contributed by atoms with Gasteiger partial charge in [-0.3, -0.25) is 4.79 Å². The molecule has 19 heavy (non-hydrogen) atoms. The summed E-state index contributed by atoms with van der Waals surface area (Å²) in [6.45, 7) is 2.22. The Labute approximate surface area is 119 Å². The largest absolute Gasteiger partial charge is 0.375 e. The number of amides is 1. The van der Waals surface area contributed by atoms with Crippen LogP contribution in [0.5, 0.6) is 0 Å². The van der Waals surface area contributed by atoms with Crippen LogP contribution in [0.1, 0.15) is 25.7 Å². The summed E-state index contributed by atoms with van der Waals surface area (Å²) in [5, 5.41) is 6.11. The third kappa shape index (κ3) is 10.0. The maximum absolute atomic E-state index is 11.7. The molecule has 1 amide bonds. The maximum atomic E-state index is 11.7. The lowest BCUT2D eigenvalue weighted by atomic mass is 9.96. The van der Waals surface area contributed by atoms with Crippen molar-refractivity contribution in [3.8, 4) is 0 Å². The van der Waals surface area contributed by atoms with Crippen molar-refractivity contribution >= 4 is 18.3 Å². The van der Waals surface area contributed by atoms with Gasteiger partial charge >= 0.3 is 0 Å². The second kappa shape index (κ2) is 11.4. The van der Waals surface area contributed by atoms with E-state index in [0.717, 1.165) is 19.5 Å². The Hall–Kier alpha value is -0.460. The molecule has 1 fully saturated rings. The third-order valence-corrected chi connectivity index (χ3v) is 2.99. The Morgan fingerprint density at radius 1 is 1.47 bits per heavy atom. The fraction of sp³-hybridized carbons (Fsp3) is 0.917. The SMILES string of the molecule is Cl.O=C(CCOCC(F)F)NCCC1CCCNC1. The van der Waals surface area contributed by atoms with E-state index in [-0.39, 0.29) is 31.3 Å². The highest BCUT2D eigenvalue weighted by molar-refractivity contribution is 5.85. The van der Waals surface area contributed by atoms with Crippen LogP contribution in [0.3, 0.4) is 0 Å². The van der Waals surface area contributed by atoms with Gasteiger partial charge in [0.15, 0.2) is 0 Å². The van der Waals surface area contributed by atoms with Crippen molar-refractivity contribution in [2.75, 3.05) is 32.8 Å². The molecule has 0 aliphatic carbocycles. The minimum atomic E-state index is -2.47. The molecule has 0 spiro atoms. The lowest BCUT2D eigenvalue weighted by Gasteiger charge is -2.22. The predicted molar refractivity (Wildman–Crippen MR) is 71.9 cm³/mol. The van der Waals surface area contributed by atoms with Gasteiger partial charge in [0, 0.05) is 13.0 Å². The molecule has 1 rings (SSSR count). The molecule has 7 heteroatoms. The van der Waals surface area contributed by atoms with Crippen LogP contribution in [0.15, 0.2) is 0 Å². The monoisotopic (exact) mass is 300 g/mol. The van der Waals surface area contributed by atoms with E-state index in [2.05, 4.69) is 15.4 Å². The smallest absolute Gasteiger partial charge is 0.261 e. The summed E-state index contributed by atoms with van der Waals surface area (Å²) >= 11 is 0. The molecule has 0 bridgehead atoms. The predicted octanol–water partition coefficient (Wildman–Crippen LogP) is 1.59. The minimum absolute atomic E-state index is 0. The first-order valence-electron chi connectivity index (χ1n) is 6.52. The van der Waals surface area contributed by atoms with E-state index in [4.69, 9.17) is 0 Å². The van der Waals surface area contributed by atoms with Gasteiger partial charge in [0.1, 0.15) is 6.61 Å². The fourth-order valence-electron chi connectivity index (χ4n) is 2.01. The molecular formula is C12H23ClF2N2O2. The lowest BCUT2D eigenvalue weighted by molar-refractivity contribution is -0.122. The molecule has 1 saturated heterocycles. The minimum Gasteiger partial charge on any atom is -0.375 e. The number of hydrogen-bond acceptors (Lipinski definition) is 3.